The minimum Gasteiger partial charge on any atom is -0.482 e. The molecule has 10 nitrogen and oxygen atoms in total. The number of thioether (sulfide) groups is 1. The lowest BCUT2D eigenvalue weighted by Gasteiger charge is -2.41. The second kappa shape index (κ2) is 9.33. The van der Waals surface area contributed by atoms with Crippen molar-refractivity contribution in [1.82, 2.24) is 4.90 Å². The van der Waals surface area contributed by atoms with Crippen LogP contribution in [0.5, 0.6) is 5.75 Å². The molecule has 33 heavy (non-hydrogen) atoms. The second-order valence-corrected chi connectivity index (χ2v) is 8.46. The van der Waals surface area contributed by atoms with E-state index in [4.69, 9.17) is 14.2 Å². The third kappa shape index (κ3) is 4.67. The average molecular weight is 470 g/mol. The maximum Gasteiger partial charge on any atom is 0.356 e. The highest BCUT2D eigenvalue weighted by Crippen LogP contribution is 2.47. The number of allylic oxidation sites excluding steroid dienone is 1. The van der Waals surface area contributed by atoms with Gasteiger partial charge in [-0.15, -0.1) is 0 Å². The lowest BCUT2D eigenvalue weighted by atomic mass is 10.1. The number of nitro benzene ring substituents is 1. The SMILES string of the molecule is CC1=C(C(=O)OCc2ccc([N+](=O)[O-])cc2)N2C(=O)[C@H](OC(=O)COc3ccccc3)[C@H]2S1. The maximum absolute atomic E-state index is 12.6. The number of carbonyl (C=O) groups excluding carboxylic acids is 3. The number of fused-ring (bicyclic) bond motifs is 1. The molecule has 1 saturated heterocycles. The predicted octanol–water partition coefficient (Wildman–Crippen LogP) is 2.78. The zero-order valence-corrected chi connectivity index (χ0v) is 18.2. The molecule has 11 heteroatoms. The van der Waals surface area contributed by atoms with Crippen LogP contribution in [0.2, 0.25) is 0 Å². The minimum atomic E-state index is -1.02. The number of benzene rings is 2. The molecule has 4 rings (SSSR count). The number of nitrogens with zero attached hydrogens (tertiary/aromatic N) is 2. The Bertz CT molecular complexity index is 1130. The van der Waals surface area contributed by atoms with Crippen molar-refractivity contribution in [2.45, 2.75) is 25.0 Å². The van der Waals surface area contributed by atoms with Gasteiger partial charge in [0, 0.05) is 17.0 Å². The van der Waals surface area contributed by atoms with E-state index in [0.717, 1.165) is 0 Å². The quantitative estimate of drug-likeness (QED) is 0.248. The van der Waals surface area contributed by atoms with Gasteiger partial charge in [-0.25, -0.2) is 9.59 Å². The maximum atomic E-state index is 12.6. The van der Waals surface area contributed by atoms with Gasteiger partial charge in [0.1, 0.15) is 23.4 Å². The van der Waals surface area contributed by atoms with Gasteiger partial charge in [-0.3, -0.25) is 19.8 Å². The van der Waals surface area contributed by atoms with Crippen molar-refractivity contribution >= 4 is 35.3 Å². The number of ether oxygens (including phenoxy) is 3. The van der Waals surface area contributed by atoms with E-state index in [2.05, 4.69) is 0 Å². The molecule has 2 aliphatic heterocycles. The van der Waals surface area contributed by atoms with Crippen LogP contribution in [-0.2, 0) is 30.5 Å². The first-order valence-electron chi connectivity index (χ1n) is 9.83. The molecule has 0 spiro atoms. The zero-order valence-electron chi connectivity index (χ0n) is 17.3. The molecule has 0 unspecified atom stereocenters. The molecule has 2 aromatic carbocycles. The van der Waals surface area contributed by atoms with Gasteiger partial charge in [0.05, 0.1) is 4.92 Å². The summed E-state index contributed by atoms with van der Waals surface area (Å²) < 4.78 is 15.9. The molecule has 1 amide bonds. The molecule has 1 fully saturated rings. The van der Waals surface area contributed by atoms with Crippen LogP contribution in [0.1, 0.15) is 12.5 Å². The number of hydrogen-bond acceptors (Lipinski definition) is 9. The zero-order chi connectivity index (χ0) is 23.5. The summed E-state index contributed by atoms with van der Waals surface area (Å²) in [4.78, 5) is 49.3. The summed E-state index contributed by atoms with van der Waals surface area (Å²) in [7, 11) is 0. The number of amides is 1. The van der Waals surface area contributed by atoms with Crippen molar-refractivity contribution in [3.8, 4) is 5.75 Å². The lowest BCUT2D eigenvalue weighted by molar-refractivity contribution is -0.384. The average Bonchev–Trinajstić information content (AvgIpc) is 3.13. The van der Waals surface area contributed by atoms with Crippen molar-refractivity contribution < 1.29 is 33.5 Å². The highest BCUT2D eigenvalue weighted by molar-refractivity contribution is 8.04. The van der Waals surface area contributed by atoms with Crippen LogP contribution in [0.25, 0.3) is 0 Å². The lowest BCUT2D eigenvalue weighted by Crippen LogP contribution is -2.63. The Balaban J connectivity index is 1.30. The van der Waals surface area contributed by atoms with E-state index in [1.807, 2.05) is 6.07 Å². The van der Waals surface area contributed by atoms with Crippen molar-refractivity contribution in [3.05, 3.63) is 80.9 Å². The normalized spacial score (nSPS) is 18.9. The first-order chi connectivity index (χ1) is 15.8. The summed E-state index contributed by atoms with van der Waals surface area (Å²) in [6.45, 7) is 1.22. The third-order valence-electron chi connectivity index (χ3n) is 4.93. The number of β-lactam (4-membered cyclic amide) rings is 1. The number of nitro groups is 1. The number of carbonyl (C=O) groups is 3. The molecule has 0 aliphatic carbocycles. The van der Waals surface area contributed by atoms with Crippen LogP contribution >= 0.6 is 11.8 Å². The smallest absolute Gasteiger partial charge is 0.356 e. The van der Waals surface area contributed by atoms with Crippen molar-refractivity contribution in [2.24, 2.45) is 0 Å². The summed E-state index contributed by atoms with van der Waals surface area (Å²) in [5.74, 6) is -1.41. The van der Waals surface area contributed by atoms with Gasteiger partial charge in [-0.05, 0) is 36.8 Å². The van der Waals surface area contributed by atoms with Gasteiger partial charge < -0.3 is 14.2 Å². The molecule has 2 aliphatic rings. The first-order valence-corrected chi connectivity index (χ1v) is 10.7. The van der Waals surface area contributed by atoms with E-state index < -0.39 is 34.2 Å². The molecule has 0 saturated carbocycles. The van der Waals surface area contributed by atoms with Crippen molar-refractivity contribution in [1.29, 1.82) is 0 Å². The Hall–Kier alpha value is -3.86. The van der Waals surface area contributed by atoms with Gasteiger partial charge in [-0.1, -0.05) is 30.0 Å². The van der Waals surface area contributed by atoms with E-state index in [9.17, 15) is 24.5 Å². The summed E-state index contributed by atoms with van der Waals surface area (Å²) >= 11 is 1.24. The molecular weight excluding hydrogens is 452 g/mol. The Labute approximate surface area is 192 Å². The van der Waals surface area contributed by atoms with Gasteiger partial charge in [0.25, 0.3) is 11.6 Å². The molecule has 0 N–H and O–H groups in total. The van der Waals surface area contributed by atoms with Gasteiger partial charge in [0.15, 0.2) is 6.61 Å². The van der Waals surface area contributed by atoms with Crippen molar-refractivity contribution in [3.63, 3.8) is 0 Å². The third-order valence-corrected chi connectivity index (χ3v) is 6.18. The topological polar surface area (TPSA) is 125 Å². The highest BCUT2D eigenvalue weighted by atomic mass is 32.2. The molecule has 0 bridgehead atoms. The summed E-state index contributed by atoms with van der Waals surface area (Å²) in [5.41, 5.74) is 0.596. The summed E-state index contributed by atoms with van der Waals surface area (Å²) in [6, 6.07) is 14.3. The number of non-ortho nitro benzene ring substituents is 1. The van der Waals surface area contributed by atoms with Crippen LogP contribution < -0.4 is 4.74 Å². The minimum absolute atomic E-state index is 0.0698. The Morgan fingerprint density at radius 3 is 2.48 bits per heavy atom. The molecule has 2 atom stereocenters. The van der Waals surface area contributed by atoms with E-state index in [0.29, 0.717) is 16.2 Å². The Morgan fingerprint density at radius 1 is 1.12 bits per heavy atom. The Morgan fingerprint density at radius 2 is 1.82 bits per heavy atom. The number of esters is 2. The largest absolute Gasteiger partial charge is 0.482 e. The fourth-order valence-electron chi connectivity index (χ4n) is 3.31. The van der Waals surface area contributed by atoms with E-state index >= 15 is 0 Å². The van der Waals surface area contributed by atoms with Crippen LogP contribution in [0, 0.1) is 10.1 Å². The first kappa shape index (κ1) is 22.3. The van der Waals surface area contributed by atoms with Crippen molar-refractivity contribution in [2.75, 3.05) is 6.61 Å². The fraction of sp³-hybridized carbons (Fsp3) is 0.227. The molecule has 0 aromatic heterocycles. The van der Waals surface area contributed by atoms with E-state index in [-0.39, 0.29) is 24.6 Å². The molecule has 170 valence electrons. The number of rotatable bonds is 8. The number of para-hydroxylation sites is 1. The van der Waals surface area contributed by atoms with Crippen LogP contribution in [0.4, 0.5) is 5.69 Å². The summed E-state index contributed by atoms with van der Waals surface area (Å²) in [5, 5.41) is 10.2. The molecule has 2 heterocycles. The van der Waals surface area contributed by atoms with Crippen LogP contribution in [-0.4, -0.2) is 45.8 Å². The summed E-state index contributed by atoms with van der Waals surface area (Å²) in [6.07, 6.45) is -1.02. The highest BCUT2D eigenvalue weighted by Gasteiger charge is 2.57. The monoisotopic (exact) mass is 470 g/mol. The predicted molar refractivity (Wildman–Crippen MR) is 116 cm³/mol. The van der Waals surface area contributed by atoms with Gasteiger partial charge >= 0.3 is 11.9 Å². The van der Waals surface area contributed by atoms with E-state index in [1.165, 1.54) is 40.9 Å². The van der Waals surface area contributed by atoms with Crippen LogP contribution in [0.3, 0.4) is 0 Å². The number of hydrogen-bond donors (Lipinski definition) is 0. The molecule has 2 aromatic rings. The van der Waals surface area contributed by atoms with E-state index in [1.54, 1.807) is 31.2 Å². The Kier molecular flexibility index (Phi) is 6.31. The molecule has 0 radical (unpaired) electrons. The van der Waals surface area contributed by atoms with Gasteiger partial charge in [-0.2, -0.15) is 0 Å². The standard InChI is InChI=1S/C22H18N2O8S/c1-13-18(22(27)31-11-14-7-9-15(10-8-14)24(28)29)23-20(26)19(21(23)33-13)32-17(25)12-30-16-5-3-2-4-6-16/h2-10,19,21H,11-12H2,1H3/t19-,21+/m0/s1. The second-order valence-electron chi connectivity index (χ2n) is 7.13. The molecular formula is C22H18N2O8S. The fourth-order valence-corrected chi connectivity index (χ4v) is 4.58. The van der Waals surface area contributed by atoms with Gasteiger partial charge in [0.2, 0.25) is 6.10 Å². The van der Waals surface area contributed by atoms with Crippen LogP contribution in [0.15, 0.2) is 65.2 Å².